The van der Waals surface area contributed by atoms with Gasteiger partial charge in [-0.3, -0.25) is 0 Å². The first kappa shape index (κ1) is 14.7. The summed E-state index contributed by atoms with van der Waals surface area (Å²) >= 11 is 2.95. The number of nitrogens with two attached hydrogens (primary N) is 1. The van der Waals surface area contributed by atoms with Gasteiger partial charge in [-0.1, -0.05) is 13.8 Å². The summed E-state index contributed by atoms with van der Waals surface area (Å²) in [5.74, 6) is -0.522. The van der Waals surface area contributed by atoms with Crippen LogP contribution in [0.1, 0.15) is 20.3 Å². The Hall–Kier alpha value is -0.660. The molecule has 1 aromatic carbocycles. The molecule has 0 bridgehead atoms. The van der Waals surface area contributed by atoms with Gasteiger partial charge in [0.15, 0.2) is 5.82 Å². The van der Waals surface area contributed by atoms with Crippen molar-refractivity contribution in [2.45, 2.75) is 25.2 Å². The van der Waals surface area contributed by atoms with E-state index >= 15 is 0 Å². The quantitative estimate of drug-likeness (QED) is 0.819. The van der Waals surface area contributed by atoms with Crippen molar-refractivity contribution in [1.29, 1.82) is 0 Å². The molecule has 1 saturated carbocycles. The maximum Gasteiger partial charge on any atom is 0.243 e. The predicted octanol–water partition coefficient (Wildman–Crippen LogP) is 2.49. The summed E-state index contributed by atoms with van der Waals surface area (Å²) in [4.78, 5) is -0.419. The van der Waals surface area contributed by atoms with E-state index in [4.69, 9.17) is 5.73 Å². The number of benzene rings is 1. The van der Waals surface area contributed by atoms with Gasteiger partial charge in [0.1, 0.15) is 4.90 Å². The molecule has 0 spiro atoms. The Kier molecular flexibility index (Phi) is 3.66. The number of nitrogen functional groups attached to an aromatic ring is 1. The van der Waals surface area contributed by atoms with Gasteiger partial charge >= 0.3 is 0 Å². The molecular formula is C12H16BrFN2O2S. The van der Waals surface area contributed by atoms with Crippen LogP contribution < -0.4 is 10.5 Å². The van der Waals surface area contributed by atoms with Crippen molar-refractivity contribution in [2.75, 3.05) is 12.3 Å². The first-order valence-corrected chi connectivity index (χ1v) is 8.15. The van der Waals surface area contributed by atoms with Gasteiger partial charge in [0.25, 0.3) is 0 Å². The maximum atomic E-state index is 13.8. The fourth-order valence-corrected chi connectivity index (χ4v) is 3.81. The average Bonchev–Trinajstić information content (AvgIpc) is 2.89. The molecule has 0 amide bonds. The second-order valence-corrected chi connectivity index (χ2v) is 8.15. The van der Waals surface area contributed by atoms with Gasteiger partial charge in [-0.05, 0) is 45.8 Å². The second-order valence-electron chi connectivity index (χ2n) is 5.56. The van der Waals surface area contributed by atoms with Crippen LogP contribution in [0, 0.1) is 17.2 Å². The molecule has 2 rings (SSSR count). The lowest BCUT2D eigenvalue weighted by Crippen LogP contribution is -2.27. The summed E-state index contributed by atoms with van der Waals surface area (Å²) in [7, 11) is -3.88. The molecule has 0 aromatic heterocycles. The molecule has 1 aliphatic carbocycles. The Morgan fingerprint density at radius 2 is 2.11 bits per heavy atom. The van der Waals surface area contributed by atoms with E-state index in [-0.39, 0.29) is 15.6 Å². The van der Waals surface area contributed by atoms with Gasteiger partial charge in [-0.15, -0.1) is 0 Å². The van der Waals surface area contributed by atoms with Crippen molar-refractivity contribution >= 4 is 31.6 Å². The number of hydrogen-bond donors (Lipinski definition) is 2. The summed E-state index contributed by atoms with van der Waals surface area (Å²) in [5, 5.41) is 0. The summed E-state index contributed by atoms with van der Waals surface area (Å²) in [6.07, 6.45) is 0.971. The van der Waals surface area contributed by atoms with Crippen molar-refractivity contribution in [3.63, 3.8) is 0 Å². The van der Waals surface area contributed by atoms with Gasteiger partial charge in [-0.25, -0.2) is 17.5 Å². The van der Waals surface area contributed by atoms with E-state index in [0.29, 0.717) is 12.5 Å². The van der Waals surface area contributed by atoms with E-state index in [1.807, 2.05) is 0 Å². The van der Waals surface area contributed by atoms with E-state index < -0.39 is 20.7 Å². The summed E-state index contributed by atoms with van der Waals surface area (Å²) in [6.45, 7) is 4.47. The molecule has 4 nitrogen and oxygen atoms in total. The van der Waals surface area contributed by atoms with E-state index in [2.05, 4.69) is 34.5 Å². The second kappa shape index (κ2) is 4.71. The molecule has 0 saturated heterocycles. The summed E-state index contributed by atoms with van der Waals surface area (Å²) in [6, 6.07) is 2.46. The predicted molar refractivity (Wildman–Crippen MR) is 75.6 cm³/mol. The molecule has 0 radical (unpaired) electrons. The van der Waals surface area contributed by atoms with E-state index in [0.717, 1.165) is 12.5 Å². The van der Waals surface area contributed by atoms with Gasteiger partial charge in [0.05, 0.1) is 4.47 Å². The van der Waals surface area contributed by atoms with Crippen LogP contribution >= 0.6 is 15.9 Å². The number of hydrogen-bond acceptors (Lipinski definition) is 3. The standard InChI is InChI=1S/C12H16BrFN2O2S/c1-12(2)5-7(12)6-16-19(17,18)10-4-8(15)3-9(13)11(10)14/h3-4,7,16H,5-6,15H2,1-2H3. The van der Waals surface area contributed by atoms with E-state index in [1.54, 1.807) is 0 Å². The smallest absolute Gasteiger partial charge is 0.243 e. The molecule has 0 aliphatic heterocycles. The first-order valence-electron chi connectivity index (χ1n) is 5.88. The molecule has 106 valence electrons. The third-order valence-electron chi connectivity index (χ3n) is 3.54. The topological polar surface area (TPSA) is 72.2 Å². The van der Waals surface area contributed by atoms with Crippen LogP contribution in [0.15, 0.2) is 21.5 Å². The monoisotopic (exact) mass is 350 g/mol. The highest BCUT2D eigenvalue weighted by Crippen LogP contribution is 2.51. The molecule has 7 heteroatoms. The number of nitrogens with one attached hydrogen (secondary N) is 1. The van der Waals surface area contributed by atoms with E-state index in [1.165, 1.54) is 6.07 Å². The Morgan fingerprint density at radius 3 is 2.63 bits per heavy atom. The number of halogens is 2. The van der Waals surface area contributed by atoms with Crippen molar-refractivity contribution in [1.82, 2.24) is 4.72 Å². The van der Waals surface area contributed by atoms with Crippen molar-refractivity contribution in [2.24, 2.45) is 11.3 Å². The third kappa shape index (κ3) is 3.09. The van der Waals surface area contributed by atoms with Crippen LogP contribution in [0.3, 0.4) is 0 Å². The maximum absolute atomic E-state index is 13.8. The fourth-order valence-electron chi connectivity index (χ4n) is 1.99. The molecule has 1 aliphatic rings. The number of sulfonamides is 1. The zero-order chi connectivity index (χ0) is 14.4. The van der Waals surface area contributed by atoms with Crippen LogP contribution in [-0.4, -0.2) is 15.0 Å². The van der Waals surface area contributed by atoms with Crippen LogP contribution in [0.4, 0.5) is 10.1 Å². The first-order chi connectivity index (χ1) is 8.63. The van der Waals surface area contributed by atoms with Crippen molar-refractivity contribution < 1.29 is 12.8 Å². The minimum Gasteiger partial charge on any atom is -0.399 e. The highest BCUT2D eigenvalue weighted by Gasteiger charge is 2.45. The lowest BCUT2D eigenvalue weighted by Gasteiger charge is -2.10. The van der Waals surface area contributed by atoms with E-state index in [9.17, 15) is 12.8 Å². The molecule has 3 N–H and O–H groups in total. The Bertz CT molecular complexity index is 616. The molecule has 1 atom stereocenters. The van der Waals surface area contributed by atoms with Crippen LogP contribution in [-0.2, 0) is 10.0 Å². The van der Waals surface area contributed by atoms with Gasteiger partial charge < -0.3 is 5.73 Å². The molecule has 1 unspecified atom stereocenters. The van der Waals surface area contributed by atoms with Gasteiger partial charge in [0, 0.05) is 12.2 Å². The van der Waals surface area contributed by atoms with Crippen molar-refractivity contribution in [3.05, 3.63) is 22.4 Å². The molecule has 1 fully saturated rings. The van der Waals surface area contributed by atoms with Crippen LogP contribution in [0.5, 0.6) is 0 Å². The minimum absolute atomic E-state index is 0.0413. The van der Waals surface area contributed by atoms with Crippen LogP contribution in [0.2, 0.25) is 0 Å². The fraction of sp³-hybridized carbons (Fsp3) is 0.500. The number of anilines is 1. The van der Waals surface area contributed by atoms with Crippen molar-refractivity contribution in [3.8, 4) is 0 Å². The Labute approximate surface area is 120 Å². The van der Waals surface area contributed by atoms with Crippen LogP contribution in [0.25, 0.3) is 0 Å². The SMILES string of the molecule is CC1(C)CC1CNS(=O)(=O)c1cc(N)cc(Br)c1F. The minimum atomic E-state index is -3.88. The molecule has 19 heavy (non-hydrogen) atoms. The third-order valence-corrected chi connectivity index (χ3v) is 5.54. The Morgan fingerprint density at radius 1 is 1.53 bits per heavy atom. The summed E-state index contributed by atoms with van der Waals surface area (Å²) in [5.41, 5.74) is 5.91. The zero-order valence-electron chi connectivity index (χ0n) is 10.7. The van der Waals surface area contributed by atoms with Gasteiger partial charge in [0.2, 0.25) is 10.0 Å². The lowest BCUT2D eigenvalue weighted by atomic mass is 10.1. The molecule has 1 aromatic rings. The highest BCUT2D eigenvalue weighted by atomic mass is 79.9. The molecular weight excluding hydrogens is 335 g/mol. The lowest BCUT2D eigenvalue weighted by molar-refractivity contribution is 0.530. The normalized spacial score (nSPS) is 21.4. The average molecular weight is 351 g/mol. The number of rotatable bonds is 4. The van der Waals surface area contributed by atoms with Gasteiger partial charge in [-0.2, -0.15) is 0 Å². The highest BCUT2D eigenvalue weighted by molar-refractivity contribution is 9.10. The Balaban J connectivity index is 2.20. The largest absolute Gasteiger partial charge is 0.399 e. The summed E-state index contributed by atoms with van der Waals surface area (Å²) < 4.78 is 40.5. The molecule has 0 heterocycles. The zero-order valence-corrected chi connectivity index (χ0v) is 13.1.